The average Bonchev–Trinajstić information content (AvgIpc) is 3.04. The van der Waals surface area contributed by atoms with Gasteiger partial charge in [-0.05, 0) is 64.2 Å². The fourth-order valence-corrected chi connectivity index (χ4v) is 5.54. The molecule has 2 N–H and O–H groups in total. The molecule has 0 aromatic heterocycles. The number of unbranched alkanes of at least 4 members (excludes halogenated alkanes) is 12. The van der Waals surface area contributed by atoms with Crippen molar-refractivity contribution in [3.8, 4) is 0 Å². The van der Waals surface area contributed by atoms with Crippen LogP contribution in [0.15, 0.2) is 60.8 Å². The Morgan fingerprint density at radius 2 is 1.20 bits per heavy atom. The van der Waals surface area contributed by atoms with E-state index in [1.165, 1.54) is 64.2 Å². The number of quaternary nitrogens is 1. The molecule has 0 saturated heterocycles. The third kappa shape index (κ3) is 34.4. The van der Waals surface area contributed by atoms with Gasteiger partial charge in [0.25, 0.3) is 7.82 Å². The molecule has 0 aromatic rings. The lowest BCUT2D eigenvalue weighted by molar-refractivity contribution is -0.870. The van der Waals surface area contributed by atoms with Crippen molar-refractivity contribution in [1.82, 2.24) is 5.32 Å². The topological polar surface area (TPSA) is 108 Å². The maximum absolute atomic E-state index is 12.7. The van der Waals surface area contributed by atoms with Crippen LogP contribution in [-0.4, -0.2) is 68.5 Å². The Balaban J connectivity index is 4.73. The second-order valence-electron chi connectivity index (χ2n) is 13.9. The molecule has 8 nitrogen and oxygen atoms in total. The third-order valence-electron chi connectivity index (χ3n) is 7.94. The summed E-state index contributed by atoms with van der Waals surface area (Å²) in [7, 11) is 1.19. The Kier molecular flexibility index (Phi) is 31.0. The number of phosphoric acid groups is 1. The predicted molar refractivity (Wildman–Crippen MR) is 205 cm³/mol. The molecular weight excluding hydrogens is 635 g/mol. The first kappa shape index (κ1) is 47.2. The second kappa shape index (κ2) is 32.1. The fourth-order valence-electron chi connectivity index (χ4n) is 4.82. The van der Waals surface area contributed by atoms with Crippen molar-refractivity contribution in [3.05, 3.63) is 60.8 Å². The molecule has 0 aliphatic carbocycles. The number of nitrogens with zero attached hydrogens (tertiary/aromatic N) is 1. The first-order valence-corrected chi connectivity index (χ1v) is 20.6. The van der Waals surface area contributed by atoms with E-state index in [9.17, 15) is 19.4 Å². The second-order valence-corrected chi connectivity index (χ2v) is 15.3. The maximum Gasteiger partial charge on any atom is 0.268 e. The van der Waals surface area contributed by atoms with Gasteiger partial charge in [0.05, 0.1) is 39.9 Å². The molecule has 0 aliphatic heterocycles. The average molecular weight is 709 g/mol. The number of carbonyl (C=O) groups excluding carboxylic acids is 1. The van der Waals surface area contributed by atoms with Gasteiger partial charge in [0.15, 0.2) is 0 Å². The number of allylic oxidation sites excluding steroid dienone is 9. The molecule has 0 bridgehead atoms. The van der Waals surface area contributed by atoms with Crippen molar-refractivity contribution in [2.24, 2.45) is 0 Å². The van der Waals surface area contributed by atoms with Crippen LogP contribution in [0, 0.1) is 0 Å². The van der Waals surface area contributed by atoms with Crippen LogP contribution < -0.4 is 10.2 Å². The van der Waals surface area contributed by atoms with Gasteiger partial charge in [0, 0.05) is 6.42 Å². The SMILES string of the molecule is CCCCCC/C=C/CC/C=C/CC/C=C/C(O)C(COP(=O)([O-])OCC[N+](C)(C)C)NC(=O)CC/C=C\C/C=C\CCCCCCCC. The summed E-state index contributed by atoms with van der Waals surface area (Å²) in [6.07, 6.45) is 40.0. The first-order chi connectivity index (χ1) is 23.5. The summed E-state index contributed by atoms with van der Waals surface area (Å²) in [6, 6.07) is -0.939. The van der Waals surface area contributed by atoms with E-state index in [2.05, 4.69) is 55.6 Å². The maximum atomic E-state index is 12.7. The number of likely N-dealkylation sites (N-methyl/N-ethyl adjacent to an activating group) is 1. The third-order valence-corrected chi connectivity index (χ3v) is 8.91. The highest BCUT2D eigenvalue weighted by Gasteiger charge is 2.23. The molecule has 0 aliphatic rings. The van der Waals surface area contributed by atoms with Crippen molar-refractivity contribution in [3.63, 3.8) is 0 Å². The molecule has 0 fully saturated rings. The molecule has 1 amide bonds. The van der Waals surface area contributed by atoms with Gasteiger partial charge in [-0.25, -0.2) is 0 Å². The molecule has 0 aromatic carbocycles. The monoisotopic (exact) mass is 709 g/mol. The van der Waals surface area contributed by atoms with Crippen LogP contribution in [0.2, 0.25) is 0 Å². The van der Waals surface area contributed by atoms with Gasteiger partial charge in [-0.15, -0.1) is 0 Å². The Morgan fingerprint density at radius 3 is 1.80 bits per heavy atom. The molecular formula is C40H73N2O6P. The first-order valence-electron chi connectivity index (χ1n) is 19.2. The van der Waals surface area contributed by atoms with E-state index in [1.807, 2.05) is 39.4 Å². The highest BCUT2D eigenvalue weighted by Crippen LogP contribution is 2.38. The zero-order valence-electron chi connectivity index (χ0n) is 31.9. The van der Waals surface area contributed by atoms with Crippen molar-refractivity contribution in [1.29, 1.82) is 0 Å². The van der Waals surface area contributed by atoms with E-state index in [1.54, 1.807) is 6.08 Å². The quantitative estimate of drug-likeness (QED) is 0.0305. The van der Waals surface area contributed by atoms with E-state index < -0.39 is 26.6 Å². The normalized spacial score (nSPS) is 15.3. The largest absolute Gasteiger partial charge is 0.756 e. The van der Waals surface area contributed by atoms with Crippen LogP contribution >= 0.6 is 7.82 Å². The van der Waals surface area contributed by atoms with Crippen LogP contribution in [0.1, 0.15) is 136 Å². The van der Waals surface area contributed by atoms with Crippen LogP contribution in [-0.2, 0) is 18.4 Å². The standard InChI is InChI=1S/C40H73N2O6P/c1-6-8-10-12-14-16-18-20-22-23-25-27-29-31-33-39(43)38(37-48-49(45,46)47-36-35-42(3,4)5)41-40(44)34-32-30-28-26-24-21-19-17-15-13-11-9-7-2/h16,18,21,23-25,28,30-31,33,38-39,43H,6-15,17,19-20,22,26-27,29,32,34-37H2,1-5H3,(H-,41,44,45,46)/b18-16+,24-21-,25-23+,30-28-,33-31+. The van der Waals surface area contributed by atoms with Gasteiger partial charge in [-0.3, -0.25) is 9.36 Å². The predicted octanol–water partition coefficient (Wildman–Crippen LogP) is 9.27. The number of amides is 1. The number of hydrogen-bond acceptors (Lipinski definition) is 6. The van der Waals surface area contributed by atoms with E-state index in [-0.39, 0.29) is 18.9 Å². The van der Waals surface area contributed by atoms with Crippen LogP contribution in [0.5, 0.6) is 0 Å². The summed E-state index contributed by atoms with van der Waals surface area (Å²) < 4.78 is 23.0. The van der Waals surface area contributed by atoms with Gasteiger partial charge in [-0.1, -0.05) is 126 Å². The van der Waals surface area contributed by atoms with Crippen LogP contribution in [0.4, 0.5) is 0 Å². The zero-order chi connectivity index (χ0) is 36.5. The summed E-state index contributed by atoms with van der Waals surface area (Å²) in [5, 5.41) is 13.6. The minimum Gasteiger partial charge on any atom is -0.756 e. The molecule has 3 atom stereocenters. The molecule has 284 valence electrons. The fraction of sp³-hybridized carbons (Fsp3) is 0.725. The molecule has 49 heavy (non-hydrogen) atoms. The number of phosphoric ester groups is 1. The number of nitrogens with one attached hydrogen (secondary N) is 1. The number of aliphatic hydroxyl groups excluding tert-OH is 1. The van der Waals surface area contributed by atoms with E-state index in [0.717, 1.165) is 44.9 Å². The summed E-state index contributed by atoms with van der Waals surface area (Å²) in [4.78, 5) is 25.1. The smallest absolute Gasteiger partial charge is 0.268 e. The van der Waals surface area contributed by atoms with Crippen molar-refractivity contribution in [2.45, 2.75) is 148 Å². The Morgan fingerprint density at radius 1 is 0.714 bits per heavy atom. The zero-order valence-corrected chi connectivity index (χ0v) is 32.8. The van der Waals surface area contributed by atoms with Gasteiger partial charge in [-0.2, -0.15) is 0 Å². The number of carbonyl (C=O) groups is 1. The van der Waals surface area contributed by atoms with E-state index >= 15 is 0 Å². The number of aliphatic hydroxyl groups is 1. The molecule has 3 unspecified atom stereocenters. The Bertz CT molecular complexity index is 986. The lowest BCUT2D eigenvalue weighted by Crippen LogP contribution is -2.45. The highest BCUT2D eigenvalue weighted by molar-refractivity contribution is 7.45. The molecule has 0 radical (unpaired) electrons. The molecule has 0 saturated carbocycles. The minimum absolute atomic E-state index is 0.0207. The number of rotatable bonds is 33. The Hall–Kier alpha value is -1.80. The minimum atomic E-state index is -4.61. The molecule has 0 spiro atoms. The summed E-state index contributed by atoms with van der Waals surface area (Å²) >= 11 is 0. The van der Waals surface area contributed by atoms with E-state index in [0.29, 0.717) is 17.4 Å². The summed E-state index contributed by atoms with van der Waals surface area (Å²) in [5.74, 6) is -0.283. The van der Waals surface area contributed by atoms with Gasteiger partial charge < -0.3 is 28.8 Å². The lowest BCUT2D eigenvalue weighted by Gasteiger charge is -2.29. The van der Waals surface area contributed by atoms with Gasteiger partial charge >= 0.3 is 0 Å². The van der Waals surface area contributed by atoms with Crippen molar-refractivity contribution >= 4 is 13.7 Å². The molecule has 9 heteroatoms. The number of hydrogen-bond donors (Lipinski definition) is 2. The molecule has 0 rings (SSSR count). The van der Waals surface area contributed by atoms with Crippen LogP contribution in [0.3, 0.4) is 0 Å². The van der Waals surface area contributed by atoms with Gasteiger partial charge in [0.1, 0.15) is 13.2 Å². The highest BCUT2D eigenvalue weighted by atomic mass is 31.2. The van der Waals surface area contributed by atoms with Crippen molar-refractivity contribution < 1.29 is 32.9 Å². The lowest BCUT2D eigenvalue weighted by atomic mass is 10.1. The van der Waals surface area contributed by atoms with Crippen LogP contribution in [0.25, 0.3) is 0 Å². The van der Waals surface area contributed by atoms with Crippen molar-refractivity contribution in [2.75, 3.05) is 40.9 Å². The summed E-state index contributed by atoms with van der Waals surface area (Å²) in [5.41, 5.74) is 0. The summed E-state index contributed by atoms with van der Waals surface area (Å²) in [6.45, 7) is 4.50. The van der Waals surface area contributed by atoms with Gasteiger partial charge in [0.2, 0.25) is 5.91 Å². The Labute approximate surface area is 301 Å². The van der Waals surface area contributed by atoms with E-state index in [4.69, 9.17) is 9.05 Å². The molecule has 0 heterocycles.